The molecule has 1 saturated heterocycles. The predicted octanol–water partition coefficient (Wildman–Crippen LogP) is 2.91. The van der Waals surface area contributed by atoms with Crippen molar-refractivity contribution in [3.05, 3.63) is 29.8 Å². The van der Waals surface area contributed by atoms with Crippen molar-refractivity contribution in [2.24, 2.45) is 0 Å². The van der Waals surface area contributed by atoms with E-state index in [1.54, 1.807) is 7.11 Å². The van der Waals surface area contributed by atoms with Crippen molar-refractivity contribution in [1.29, 1.82) is 0 Å². The van der Waals surface area contributed by atoms with Crippen LogP contribution in [0.2, 0.25) is 0 Å². The molecule has 1 aromatic carbocycles. The molecule has 0 aliphatic carbocycles. The SMILES string of the molecule is COc1cccc(C(C)NCCC2CCCO2)c1. The molecule has 0 aromatic heterocycles. The van der Waals surface area contributed by atoms with Gasteiger partial charge in [-0.25, -0.2) is 0 Å². The highest BCUT2D eigenvalue weighted by Gasteiger charge is 2.15. The van der Waals surface area contributed by atoms with Gasteiger partial charge in [-0.2, -0.15) is 0 Å². The van der Waals surface area contributed by atoms with Crippen molar-refractivity contribution in [2.75, 3.05) is 20.3 Å². The highest BCUT2D eigenvalue weighted by molar-refractivity contribution is 5.30. The van der Waals surface area contributed by atoms with Crippen LogP contribution in [-0.4, -0.2) is 26.4 Å². The molecule has 1 fully saturated rings. The summed E-state index contributed by atoms with van der Waals surface area (Å²) in [4.78, 5) is 0. The van der Waals surface area contributed by atoms with E-state index >= 15 is 0 Å². The minimum Gasteiger partial charge on any atom is -0.497 e. The van der Waals surface area contributed by atoms with Gasteiger partial charge in [0.2, 0.25) is 0 Å². The molecular weight excluding hydrogens is 226 g/mol. The van der Waals surface area contributed by atoms with Gasteiger partial charge in [0.15, 0.2) is 0 Å². The maximum atomic E-state index is 5.62. The van der Waals surface area contributed by atoms with Crippen LogP contribution in [0.3, 0.4) is 0 Å². The van der Waals surface area contributed by atoms with Crippen LogP contribution in [0.4, 0.5) is 0 Å². The van der Waals surface area contributed by atoms with E-state index in [1.165, 1.54) is 18.4 Å². The van der Waals surface area contributed by atoms with Crippen LogP contribution < -0.4 is 10.1 Å². The van der Waals surface area contributed by atoms with E-state index in [4.69, 9.17) is 9.47 Å². The fraction of sp³-hybridized carbons (Fsp3) is 0.600. The number of benzene rings is 1. The molecule has 1 aliphatic heterocycles. The third-order valence-corrected chi connectivity index (χ3v) is 3.53. The molecular formula is C15H23NO2. The van der Waals surface area contributed by atoms with Crippen LogP contribution in [0.25, 0.3) is 0 Å². The molecule has 2 atom stereocenters. The lowest BCUT2D eigenvalue weighted by Crippen LogP contribution is -2.23. The first-order valence-corrected chi connectivity index (χ1v) is 6.78. The van der Waals surface area contributed by atoms with E-state index in [0.29, 0.717) is 12.1 Å². The van der Waals surface area contributed by atoms with Crippen LogP contribution in [0.15, 0.2) is 24.3 Å². The number of hydrogen-bond acceptors (Lipinski definition) is 3. The van der Waals surface area contributed by atoms with Gasteiger partial charge in [-0.1, -0.05) is 12.1 Å². The normalized spacial score (nSPS) is 20.9. The maximum Gasteiger partial charge on any atom is 0.119 e. The van der Waals surface area contributed by atoms with Gasteiger partial charge in [-0.3, -0.25) is 0 Å². The summed E-state index contributed by atoms with van der Waals surface area (Å²) in [6.45, 7) is 4.13. The molecule has 3 heteroatoms. The Balaban J connectivity index is 1.77. The summed E-state index contributed by atoms with van der Waals surface area (Å²) in [5, 5.41) is 3.54. The van der Waals surface area contributed by atoms with E-state index in [1.807, 2.05) is 12.1 Å². The lowest BCUT2D eigenvalue weighted by molar-refractivity contribution is 0.103. The summed E-state index contributed by atoms with van der Waals surface area (Å²) < 4.78 is 10.9. The summed E-state index contributed by atoms with van der Waals surface area (Å²) in [5.41, 5.74) is 1.27. The zero-order chi connectivity index (χ0) is 12.8. The summed E-state index contributed by atoms with van der Waals surface area (Å²) in [5.74, 6) is 0.917. The summed E-state index contributed by atoms with van der Waals surface area (Å²) >= 11 is 0. The van der Waals surface area contributed by atoms with Gasteiger partial charge >= 0.3 is 0 Å². The zero-order valence-electron chi connectivity index (χ0n) is 11.3. The Morgan fingerprint density at radius 2 is 2.39 bits per heavy atom. The number of hydrogen-bond donors (Lipinski definition) is 1. The van der Waals surface area contributed by atoms with Gasteiger partial charge in [0, 0.05) is 12.6 Å². The number of rotatable bonds is 6. The summed E-state index contributed by atoms with van der Waals surface area (Å²) in [6, 6.07) is 8.58. The largest absolute Gasteiger partial charge is 0.497 e. The van der Waals surface area contributed by atoms with Gasteiger partial charge < -0.3 is 14.8 Å². The van der Waals surface area contributed by atoms with Crippen molar-refractivity contribution in [3.8, 4) is 5.75 Å². The molecule has 1 aromatic rings. The highest BCUT2D eigenvalue weighted by atomic mass is 16.5. The standard InChI is InChI=1S/C15H23NO2/c1-12(13-5-3-6-15(11-13)17-2)16-9-8-14-7-4-10-18-14/h3,5-6,11-12,14,16H,4,7-10H2,1-2H3. The predicted molar refractivity (Wildman–Crippen MR) is 73.0 cm³/mol. The first-order chi connectivity index (χ1) is 8.79. The van der Waals surface area contributed by atoms with Crippen molar-refractivity contribution >= 4 is 0 Å². The Morgan fingerprint density at radius 1 is 1.50 bits per heavy atom. The summed E-state index contributed by atoms with van der Waals surface area (Å²) in [6.07, 6.45) is 4.01. The van der Waals surface area contributed by atoms with E-state index in [0.717, 1.165) is 25.3 Å². The molecule has 1 N–H and O–H groups in total. The molecule has 1 heterocycles. The monoisotopic (exact) mass is 249 g/mol. The number of nitrogens with one attached hydrogen (secondary N) is 1. The van der Waals surface area contributed by atoms with Gasteiger partial charge in [0.05, 0.1) is 13.2 Å². The smallest absolute Gasteiger partial charge is 0.119 e. The highest BCUT2D eigenvalue weighted by Crippen LogP contribution is 2.19. The third-order valence-electron chi connectivity index (χ3n) is 3.53. The molecule has 0 bridgehead atoms. The second-order valence-corrected chi connectivity index (χ2v) is 4.88. The first kappa shape index (κ1) is 13.4. The molecule has 18 heavy (non-hydrogen) atoms. The van der Waals surface area contributed by atoms with Gasteiger partial charge in [-0.15, -0.1) is 0 Å². The Hall–Kier alpha value is -1.06. The number of ether oxygens (including phenoxy) is 2. The van der Waals surface area contributed by atoms with Crippen molar-refractivity contribution < 1.29 is 9.47 Å². The summed E-state index contributed by atoms with van der Waals surface area (Å²) in [7, 11) is 1.70. The molecule has 1 aliphatic rings. The van der Waals surface area contributed by atoms with Crippen LogP contribution >= 0.6 is 0 Å². The van der Waals surface area contributed by atoms with Crippen LogP contribution in [0.5, 0.6) is 5.75 Å². The van der Waals surface area contributed by atoms with E-state index in [9.17, 15) is 0 Å². The van der Waals surface area contributed by atoms with Crippen LogP contribution in [0.1, 0.15) is 37.8 Å². The van der Waals surface area contributed by atoms with Crippen LogP contribution in [-0.2, 0) is 4.74 Å². The number of methoxy groups -OCH3 is 1. The maximum absolute atomic E-state index is 5.62. The van der Waals surface area contributed by atoms with Crippen molar-refractivity contribution in [1.82, 2.24) is 5.32 Å². The minimum absolute atomic E-state index is 0.349. The topological polar surface area (TPSA) is 30.5 Å². The third kappa shape index (κ3) is 3.72. The average Bonchev–Trinajstić information content (AvgIpc) is 2.92. The molecule has 0 saturated carbocycles. The minimum atomic E-state index is 0.349. The Kier molecular flexibility index (Phi) is 5.02. The molecule has 3 nitrogen and oxygen atoms in total. The van der Waals surface area contributed by atoms with Gasteiger partial charge in [0.25, 0.3) is 0 Å². The lowest BCUT2D eigenvalue weighted by Gasteiger charge is -2.16. The molecule has 100 valence electrons. The lowest BCUT2D eigenvalue weighted by atomic mass is 10.1. The van der Waals surface area contributed by atoms with Crippen molar-refractivity contribution in [3.63, 3.8) is 0 Å². The second kappa shape index (κ2) is 6.76. The second-order valence-electron chi connectivity index (χ2n) is 4.88. The molecule has 0 radical (unpaired) electrons. The van der Waals surface area contributed by atoms with Crippen molar-refractivity contribution in [2.45, 2.75) is 38.3 Å². The Labute approximate surface area is 109 Å². The van der Waals surface area contributed by atoms with E-state index in [-0.39, 0.29) is 0 Å². The molecule has 0 amide bonds. The van der Waals surface area contributed by atoms with E-state index in [2.05, 4.69) is 24.4 Å². The average molecular weight is 249 g/mol. The quantitative estimate of drug-likeness (QED) is 0.841. The van der Waals surface area contributed by atoms with Crippen LogP contribution in [0, 0.1) is 0 Å². The van der Waals surface area contributed by atoms with E-state index < -0.39 is 0 Å². The van der Waals surface area contributed by atoms with Gasteiger partial charge in [0.1, 0.15) is 5.75 Å². The Morgan fingerprint density at radius 3 is 3.11 bits per heavy atom. The molecule has 2 rings (SSSR count). The molecule has 0 spiro atoms. The zero-order valence-corrected chi connectivity index (χ0v) is 11.3. The fourth-order valence-electron chi connectivity index (χ4n) is 2.36. The van der Waals surface area contributed by atoms with Gasteiger partial charge in [-0.05, 0) is 50.4 Å². The first-order valence-electron chi connectivity index (χ1n) is 6.78. The Bertz CT molecular complexity index is 361. The molecule has 2 unspecified atom stereocenters. The fourth-order valence-corrected chi connectivity index (χ4v) is 2.36.